The molecule has 0 fully saturated rings. The minimum Gasteiger partial charge on any atom is -0.323 e. The molecule has 3 nitrogen and oxygen atoms in total. The van der Waals surface area contributed by atoms with Gasteiger partial charge in [-0.25, -0.2) is 0 Å². The molecular formula is C15H19N3S2. The van der Waals surface area contributed by atoms with E-state index in [0.29, 0.717) is 0 Å². The van der Waals surface area contributed by atoms with Crippen molar-refractivity contribution >= 4 is 32.1 Å². The van der Waals surface area contributed by atoms with Crippen molar-refractivity contribution in [2.75, 3.05) is 0 Å². The molecule has 0 aliphatic rings. The third-order valence-corrected chi connectivity index (χ3v) is 5.75. The van der Waals surface area contributed by atoms with E-state index in [1.807, 2.05) is 11.3 Å². The van der Waals surface area contributed by atoms with Crippen LogP contribution in [0.2, 0.25) is 0 Å². The summed E-state index contributed by atoms with van der Waals surface area (Å²) in [6.07, 6.45) is 1.83. The first kappa shape index (κ1) is 13.8. The van der Waals surface area contributed by atoms with E-state index in [4.69, 9.17) is 5.73 Å². The number of aryl methyl sites for hydroxylation is 2. The van der Waals surface area contributed by atoms with Gasteiger partial charge >= 0.3 is 0 Å². The van der Waals surface area contributed by atoms with Gasteiger partial charge in [0.1, 0.15) is 0 Å². The number of hydrogen-bond acceptors (Lipinski definition) is 4. The SMILES string of the molecule is CCc1cc(CC(N)c2cc3sccc3s2)n(CC)n1. The van der Waals surface area contributed by atoms with E-state index in [2.05, 4.69) is 47.2 Å². The zero-order valence-electron chi connectivity index (χ0n) is 11.8. The van der Waals surface area contributed by atoms with E-state index in [-0.39, 0.29) is 6.04 Å². The molecule has 0 saturated carbocycles. The highest BCUT2D eigenvalue weighted by atomic mass is 32.1. The van der Waals surface area contributed by atoms with Crippen molar-refractivity contribution in [2.24, 2.45) is 5.73 Å². The maximum Gasteiger partial charge on any atom is 0.0624 e. The quantitative estimate of drug-likeness (QED) is 0.774. The first-order valence-electron chi connectivity index (χ1n) is 6.99. The van der Waals surface area contributed by atoms with Gasteiger partial charge in [-0.3, -0.25) is 4.68 Å². The monoisotopic (exact) mass is 305 g/mol. The summed E-state index contributed by atoms with van der Waals surface area (Å²) in [5.41, 5.74) is 8.80. The van der Waals surface area contributed by atoms with Gasteiger partial charge in [0.25, 0.3) is 0 Å². The molecule has 0 amide bonds. The first-order chi connectivity index (χ1) is 9.71. The van der Waals surface area contributed by atoms with Crippen LogP contribution in [-0.2, 0) is 19.4 Å². The van der Waals surface area contributed by atoms with E-state index >= 15 is 0 Å². The first-order valence-corrected chi connectivity index (χ1v) is 8.69. The lowest BCUT2D eigenvalue weighted by Gasteiger charge is -2.10. The van der Waals surface area contributed by atoms with Gasteiger partial charge in [-0.15, -0.1) is 22.7 Å². The molecule has 20 heavy (non-hydrogen) atoms. The molecular weight excluding hydrogens is 286 g/mol. The lowest BCUT2D eigenvalue weighted by molar-refractivity contribution is 0.588. The standard InChI is InChI=1S/C15H19N3S2/c1-3-10-7-11(18(4-2)17-10)8-12(16)14-9-15-13(20-14)5-6-19-15/h5-7,9,12H,3-4,8,16H2,1-2H3. The molecule has 3 aromatic heterocycles. The lowest BCUT2D eigenvalue weighted by atomic mass is 10.1. The van der Waals surface area contributed by atoms with Crippen LogP contribution in [0.4, 0.5) is 0 Å². The zero-order valence-corrected chi connectivity index (χ0v) is 13.4. The fraction of sp³-hybridized carbons (Fsp3) is 0.400. The van der Waals surface area contributed by atoms with Gasteiger partial charge < -0.3 is 5.73 Å². The molecule has 0 spiro atoms. The van der Waals surface area contributed by atoms with Crippen molar-refractivity contribution in [3.8, 4) is 0 Å². The summed E-state index contributed by atoms with van der Waals surface area (Å²) in [6.45, 7) is 5.17. The summed E-state index contributed by atoms with van der Waals surface area (Å²) in [5, 5.41) is 6.73. The summed E-state index contributed by atoms with van der Waals surface area (Å²) in [4.78, 5) is 1.27. The summed E-state index contributed by atoms with van der Waals surface area (Å²) in [5.74, 6) is 0. The Balaban J connectivity index is 1.82. The number of hydrogen-bond donors (Lipinski definition) is 1. The minimum absolute atomic E-state index is 0.0614. The van der Waals surface area contributed by atoms with Crippen molar-refractivity contribution in [2.45, 2.75) is 39.3 Å². The Morgan fingerprint density at radius 1 is 1.30 bits per heavy atom. The lowest BCUT2D eigenvalue weighted by Crippen LogP contribution is -2.15. The van der Waals surface area contributed by atoms with Crippen LogP contribution in [-0.4, -0.2) is 9.78 Å². The third kappa shape index (κ3) is 2.53. The van der Waals surface area contributed by atoms with Crippen LogP contribution >= 0.6 is 22.7 Å². The molecule has 0 radical (unpaired) electrons. The van der Waals surface area contributed by atoms with Crippen LogP contribution < -0.4 is 5.73 Å². The van der Waals surface area contributed by atoms with Gasteiger partial charge in [0.15, 0.2) is 0 Å². The molecule has 3 rings (SSSR count). The van der Waals surface area contributed by atoms with Crippen LogP contribution in [0.1, 0.15) is 36.2 Å². The van der Waals surface area contributed by atoms with E-state index in [9.17, 15) is 0 Å². The molecule has 3 heterocycles. The average Bonchev–Trinajstić information content (AvgIpc) is 3.11. The van der Waals surface area contributed by atoms with Crippen LogP contribution in [0, 0.1) is 0 Å². The highest BCUT2D eigenvalue weighted by molar-refractivity contribution is 7.26. The maximum atomic E-state index is 6.40. The summed E-state index contributed by atoms with van der Waals surface area (Å²) < 4.78 is 4.77. The topological polar surface area (TPSA) is 43.8 Å². The fourth-order valence-corrected chi connectivity index (χ4v) is 4.54. The molecule has 1 atom stereocenters. The largest absolute Gasteiger partial charge is 0.323 e. The number of rotatable bonds is 5. The highest BCUT2D eigenvalue weighted by Gasteiger charge is 2.15. The van der Waals surface area contributed by atoms with Crippen LogP contribution in [0.15, 0.2) is 23.6 Å². The van der Waals surface area contributed by atoms with Gasteiger partial charge in [0.05, 0.1) is 5.69 Å². The Labute approximate surface area is 127 Å². The molecule has 0 saturated heterocycles. The molecule has 106 valence electrons. The van der Waals surface area contributed by atoms with Gasteiger partial charge in [-0.2, -0.15) is 5.10 Å². The molecule has 5 heteroatoms. The smallest absolute Gasteiger partial charge is 0.0624 e. The average molecular weight is 305 g/mol. The number of nitrogens with two attached hydrogens (primary N) is 1. The number of thiophene rings is 2. The van der Waals surface area contributed by atoms with Gasteiger partial charge in [-0.1, -0.05) is 6.92 Å². The van der Waals surface area contributed by atoms with E-state index in [1.54, 1.807) is 11.3 Å². The summed E-state index contributed by atoms with van der Waals surface area (Å²) >= 11 is 3.60. The number of aromatic nitrogens is 2. The maximum absolute atomic E-state index is 6.40. The molecule has 1 unspecified atom stereocenters. The molecule has 2 N–H and O–H groups in total. The second kappa shape index (κ2) is 5.68. The second-order valence-electron chi connectivity index (χ2n) is 4.90. The number of nitrogens with zero attached hydrogens (tertiary/aromatic N) is 2. The predicted octanol–water partition coefficient (Wildman–Crippen LogP) is 3.98. The van der Waals surface area contributed by atoms with Crippen molar-refractivity contribution in [3.63, 3.8) is 0 Å². The number of fused-ring (bicyclic) bond motifs is 1. The molecule has 0 aliphatic heterocycles. The van der Waals surface area contributed by atoms with Gasteiger partial charge in [0.2, 0.25) is 0 Å². The van der Waals surface area contributed by atoms with Crippen molar-refractivity contribution in [3.05, 3.63) is 39.8 Å². The van der Waals surface area contributed by atoms with Crippen molar-refractivity contribution in [1.82, 2.24) is 9.78 Å². The van der Waals surface area contributed by atoms with Gasteiger partial charge in [0, 0.05) is 39.0 Å². The summed E-state index contributed by atoms with van der Waals surface area (Å²) in [7, 11) is 0. The van der Waals surface area contributed by atoms with Crippen LogP contribution in [0.25, 0.3) is 9.40 Å². The Morgan fingerprint density at radius 3 is 2.85 bits per heavy atom. The minimum atomic E-state index is 0.0614. The molecule has 0 aromatic carbocycles. The fourth-order valence-electron chi connectivity index (χ4n) is 2.42. The van der Waals surface area contributed by atoms with E-state index in [1.165, 1.54) is 20.0 Å². The molecule has 3 aromatic rings. The van der Waals surface area contributed by atoms with Crippen molar-refractivity contribution < 1.29 is 0 Å². The molecule has 0 aliphatic carbocycles. The van der Waals surface area contributed by atoms with E-state index < -0.39 is 0 Å². The third-order valence-electron chi connectivity index (χ3n) is 3.53. The summed E-state index contributed by atoms with van der Waals surface area (Å²) in [6, 6.07) is 6.67. The Morgan fingerprint density at radius 2 is 2.15 bits per heavy atom. The van der Waals surface area contributed by atoms with Crippen molar-refractivity contribution in [1.29, 1.82) is 0 Å². The second-order valence-corrected chi connectivity index (χ2v) is 6.97. The predicted molar refractivity (Wildman–Crippen MR) is 87.6 cm³/mol. The van der Waals surface area contributed by atoms with E-state index in [0.717, 1.165) is 25.1 Å². The van der Waals surface area contributed by atoms with Gasteiger partial charge in [-0.05, 0) is 36.9 Å². The normalized spacial score (nSPS) is 13.2. The Hall–Kier alpha value is -1.17. The van der Waals surface area contributed by atoms with Crippen LogP contribution in [0.5, 0.6) is 0 Å². The Bertz CT molecular complexity index is 679. The molecule has 0 bridgehead atoms. The zero-order chi connectivity index (χ0) is 14.1. The highest BCUT2D eigenvalue weighted by Crippen LogP contribution is 2.33. The Kier molecular flexibility index (Phi) is 3.92. The van der Waals surface area contributed by atoms with Crippen LogP contribution in [0.3, 0.4) is 0 Å².